The molecule has 0 bridgehead atoms. The fraction of sp³-hybridized carbons (Fsp3) is 0.0476. The maximum absolute atomic E-state index is 12.4. The summed E-state index contributed by atoms with van der Waals surface area (Å²) in [5.74, 6) is 0.562. The molecule has 0 fully saturated rings. The Morgan fingerprint density at radius 2 is 1.81 bits per heavy atom. The van der Waals surface area contributed by atoms with Gasteiger partial charge in [-0.25, -0.2) is 4.98 Å². The highest BCUT2D eigenvalue weighted by molar-refractivity contribution is 7.07. The molecule has 0 saturated heterocycles. The molecule has 26 heavy (non-hydrogen) atoms. The minimum Gasteiger partial charge on any atom is -0.487 e. The van der Waals surface area contributed by atoms with E-state index in [0.29, 0.717) is 17.9 Å². The summed E-state index contributed by atoms with van der Waals surface area (Å²) in [6.07, 6.45) is 0. The van der Waals surface area contributed by atoms with Crippen molar-refractivity contribution in [2.24, 2.45) is 0 Å². The quantitative estimate of drug-likeness (QED) is 0.537. The van der Waals surface area contributed by atoms with Crippen molar-refractivity contribution >= 4 is 33.7 Å². The number of hydrogen-bond acceptors (Lipinski definition) is 4. The van der Waals surface area contributed by atoms with Gasteiger partial charge >= 0.3 is 0 Å². The molecule has 0 spiro atoms. The molecule has 128 valence electrons. The van der Waals surface area contributed by atoms with Crippen molar-refractivity contribution in [1.82, 2.24) is 4.98 Å². The highest BCUT2D eigenvalue weighted by atomic mass is 32.1. The van der Waals surface area contributed by atoms with Gasteiger partial charge < -0.3 is 10.1 Å². The van der Waals surface area contributed by atoms with E-state index in [9.17, 15) is 4.79 Å². The zero-order chi connectivity index (χ0) is 17.8. The summed E-state index contributed by atoms with van der Waals surface area (Å²) in [5, 5.41) is 7.12. The van der Waals surface area contributed by atoms with Crippen LogP contribution in [0.4, 0.5) is 5.69 Å². The molecule has 1 N–H and O–H groups in total. The zero-order valence-electron chi connectivity index (χ0n) is 13.9. The third kappa shape index (κ3) is 3.73. The van der Waals surface area contributed by atoms with Crippen LogP contribution in [0.25, 0.3) is 10.8 Å². The van der Waals surface area contributed by atoms with E-state index in [1.807, 2.05) is 47.8 Å². The van der Waals surface area contributed by atoms with Crippen LogP contribution < -0.4 is 10.1 Å². The minimum atomic E-state index is -0.147. The van der Waals surface area contributed by atoms with Crippen LogP contribution in [0.2, 0.25) is 0 Å². The van der Waals surface area contributed by atoms with E-state index in [4.69, 9.17) is 4.74 Å². The van der Waals surface area contributed by atoms with Crippen LogP contribution in [0, 0.1) is 0 Å². The lowest BCUT2D eigenvalue weighted by Crippen LogP contribution is -2.11. The molecule has 0 aliphatic rings. The van der Waals surface area contributed by atoms with Gasteiger partial charge in [-0.05, 0) is 47.2 Å². The molecule has 0 radical (unpaired) electrons. The van der Waals surface area contributed by atoms with Crippen molar-refractivity contribution in [3.05, 3.63) is 88.9 Å². The fourth-order valence-corrected chi connectivity index (χ4v) is 3.18. The number of hydrogen-bond donors (Lipinski definition) is 1. The highest BCUT2D eigenvalue weighted by Crippen LogP contribution is 2.20. The minimum absolute atomic E-state index is 0.147. The molecule has 1 amide bonds. The van der Waals surface area contributed by atoms with Crippen molar-refractivity contribution in [2.45, 2.75) is 6.61 Å². The zero-order valence-corrected chi connectivity index (χ0v) is 14.7. The lowest BCUT2D eigenvalue weighted by molar-refractivity contribution is 0.102. The number of amides is 1. The lowest BCUT2D eigenvalue weighted by atomic mass is 10.1. The number of ether oxygens (including phenoxy) is 1. The van der Waals surface area contributed by atoms with E-state index in [-0.39, 0.29) is 5.91 Å². The van der Waals surface area contributed by atoms with Gasteiger partial charge in [0.1, 0.15) is 12.4 Å². The molecule has 1 aromatic heterocycles. The number of aromatic nitrogens is 1. The molecule has 0 saturated carbocycles. The van der Waals surface area contributed by atoms with Crippen LogP contribution in [0.3, 0.4) is 0 Å². The Morgan fingerprint density at radius 3 is 2.58 bits per heavy atom. The molecule has 0 aliphatic carbocycles. The van der Waals surface area contributed by atoms with E-state index in [1.165, 1.54) is 11.3 Å². The van der Waals surface area contributed by atoms with Gasteiger partial charge in [0.05, 0.1) is 11.2 Å². The molecule has 0 atom stereocenters. The topological polar surface area (TPSA) is 51.2 Å². The molecule has 4 rings (SSSR count). The van der Waals surface area contributed by atoms with Gasteiger partial charge in [-0.15, -0.1) is 11.3 Å². The van der Waals surface area contributed by atoms with E-state index in [0.717, 1.165) is 22.2 Å². The number of nitrogens with one attached hydrogen (secondary N) is 1. The second kappa shape index (κ2) is 7.37. The van der Waals surface area contributed by atoms with E-state index in [1.54, 1.807) is 29.8 Å². The average molecular weight is 360 g/mol. The fourth-order valence-electron chi connectivity index (χ4n) is 2.64. The average Bonchev–Trinajstić information content (AvgIpc) is 3.20. The molecule has 0 unspecified atom stereocenters. The number of nitrogens with zero attached hydrogens (tertiary/aromatic N) is 1. The predicted molar refractivity (Wildman–Crippen MR) is 105 cm³/mol. The third-order valence-electron chi connectivity index (χ3n) is 3.99. The van der Waals surface area contributed by atoms with Gasteiger partial charge in [0.15, 0.2) is 0 Å². The van der Waals surface area contributed by atoms with Crippen LogP contribution in [-0.4, -0.2) is 10.9 Å². The molecular formula is C21H16N2O2S. The van der Waals surface area contributed by atoms with Gasteiger partial charge in [-0.2, -0.15) is 0 Å². The number of fused-ring (bicyclic) bond motifs is 1. The Morgan fingerprint density at radius 1 is 1.00 bits per heavy atom. The van der Waals surface area contributed by atoms with Crippen LogP contribution in [0.15, 0.2) is 77.6 Å². The first-order valence-electron chi connectivity index (χ1n) is 8.18. The summed E-state index contributed by atoms with van der Waals surface area (Å²) >= 11 is 1.54. The smallest absolute Gasteiger partial charge is 0.255 e. The van der Waals surface area contributed by atoms with E-state index >= 15 is 0 Å². The van der Waals surface area contributed by atoms with Crippen LogP contribution >= 0.6 is 11.3 Å². The van der Waals surface area contributed by atoms with Gasteiger partial charge in [0, 0.05) is 16.6 Å². The lowest BCUT2D eigenvalue weighted by Gasteiger charge is -2.08. The number of thiazole rings is 1. The predicted octanol–water partition coefficient (Wildman–Crippen LogP) is 5.13. The van der Waals surface area contributed by atoms with Crippen LogP contribution in [-0.2, 0) is 6.61 Å². The first kappa shape index (κ1) is 16.3. The maximum Gasteiger partial charge on any atom is 0.255 e. The third-order valence-corrected chi connectivity index (χ3v) is 4.63. The summed E-state index contributed by atoms with van der Waals surface area (Å²) in [4.78, 5) is 16.6. The van der Waals surface area contributed by atoms with Crippen molar-refractivity contribution < 1.29 is 9.53 Å². The van der Waals surface area contributed by atoms with Gasteiger partial charge in [-0.1, -0.05) is 30.3 Å². The van der Waals surface area contributed by atoms with Gasteiger partial charge in [0.25, 0.3) is 5.91 Å². The SMILES string of the molecule is O=C(Nc1ccc2ccccc2c1)c1ccc(OCc2cscn2)cc1. The van der Waals surface area contributed by atoms with E-state index in [2.05, 4.69) is 10.3 Å². The largest absolute Gasteiger partial charge is 0.487 e. The molecule has 4 nitrogen and oxygen atoms in total. The Labute approximate surface area is 155 Å². The molecule has 3 aromatic carbocycles. The summed E-state index contributed by atoms with van der Waals surface area (Å²) in [5.41, 5.74) is 4.03. The van der Waals surface area contributed by atoms with Gasteiger partial charge in [0.2, 0.25) is 0 Å². The Balaban J connectivity index is 1.42. The standard InChI is InChI=1S/C21H16N2O2S/c24-21(23-18-8-5-15-3-1-2-4-17(15)11-18)16-6-9-20(10-7-16)25-12-19-13-26-14-22-19/h1-11,13-14H,12H2,(H,23,24). The molecule has 4 aromatic rings. The molecule has 0 aliphatic heterocycles. The second-order valence-corrected chi connectivity index (χ2v) is 6.53. The summed E-state index contributed by atoms with van der Waals surface area (Å²) in [7, 11) is 0. The number of rotatable bonds is 5. The Hall–Kier alpha value is -3.18. The Kier molecular flexibility index (Phi) is 4.62. The first-order chi connectivity index (χ1) is 12.8. The van der Waals surface area contributed by atoms with E-state index < -0.39 is 0 Å². The van der Waals surface area contributed by atoms with Crippen molar-refractivity contribution in [2.75, 3.05) is 5.32 Å². The number of anilines is 1. The molecule has 1 heterocycles. The van der Waals surface area contributed by atoms with Crippen LogP contribution in [0.5, 0.6) is 5.75 Å². The summed E-state index contributed by atoms with van der Waals surface area (Å²) in [6.45, 7) is 0.423. The second-order valence-electron chi connectivity index (χ2n) is 5.81. The monoisotopic (exact) mass is 360 g/mol. The summed E-state index contributed by atoms with van der Waals surface area (Å²) < 4.78 is 5.66. The number of benzene rings is 3. The molecular weight excluding hydrogens is 344 g/mol. The van der Waals surface area contributed by atoms with Gasteiger partial charge in [-0.3, -0.25) is 4.79 Å². The van der Waals surface area contributed by atoms with Crippen molar-refractivity contribution in [3.63, 3.8) is 0 Å². The highest BCUT2D eigenvalue weighted by Gasteiger charge is 2.07. The molecule has 5 heteroatoms. The van der Waals surface area contributed by atoms with Crippen molar-refractivity contribution in [3.8, 4) is 5.75 Å². The number of carbonyl (C=O) groups is 1. The Bertz CT molecular complexity index is 1030. The van der Waals surface area contributed by atoms with Crippen molar-refractivity contribution in [1.29, 1.82) is 0 Å². The first-order valence-corrected chi connectivity index (χ1v) is 9.12. The summed E-state index contributed by atoms with van der Waals surface area (Å²) in [6, 6.07) is 21.0. The normalized spacial score (nSPS) is 10.6. The van der Waals surface area contributed by atoms with Crippen LogP contribution in [0.1, 0.15) is 16.1 Å². The maximum atomic E-state index is 12.4. The number of carbonyl (C=O) groups excluding carboxylic acids is 1.